The van der Waals surface area contributed by atoms with E-state index in [1.54, 1.807) is 0 Å². The van der Waals surface area contributed by atoms with Gasteiger partial charge in [-0.05, 0) is 0 Å². The number of H-pyrrole nitrogens is 2. The number of rotatable bonds is 1. The van der Waals surface area contributed by atoms with E-state index in [-0.39, 0.29) is 5.82 Å². The third-order valence-corrected chi connectivity index (χ3v) is 1.88. The highest BCUT2D eigenvalue weighted by Gasteiger charge is 2.00. The molecule has 6 N–H and O–H groups in total. The summed E-state index contributed by atoms with van der Waals surface area (Å²) in [6.45, 7) is 0. The van der Waals surface area contributed by atoms with E-state index in [1.807, 2.05) is 0 Å². The molecule has 0 aromatic carbocycles. The van der Waals surface area contributed by atoms with Crippen molar-refractivity contribution in [3.05, 3.63) is 24.8 Å². The SMILES string of the molecule is NC(=O)c1nc[nH]n1.Nc1ncnc2[nH]cnc12. The van der Waals surface area contributed by atoms with E-state index in [9.17, 15) is 4.79 Å². The average Bonchev–Trinajstić information content (AvgIpc) is 3.02. The molecule has 18 heavy (non-hydrogen) atoms. The lowest BCUT2D eigenvalue weighted by Gasteiger charge is -1.88. The van der Waals surface area contributed by atoms with E-state index in [0.717, 1.165) is 0 Å². The van der Waals surface area contributed by atoms with Crippen molar-refractivity contribution < 1.29 is 4.79 Å². The maximum atomic E-state index is 10.1. The van der Waals surface area contributed by atoms with Gasteiger partial charge in [-0.1, -0.05) is 0 Å². The molecule has 92 valence electrons. The molecule has 0 unspecified atom stereocenters. The molecular weight excluding hydrogens is 238 g/mol. The first kappa shape index (κ1) is 11.4. The first-order valence-corrected chi connectivity index (χ1v) is 4.73. The van der Waals surface area contributed by atoms with Crippen LogP contribution in [0.25, 0.3) is 11.2 Å². The minimum absolute atomic E-state index is 0.0185. The van der Waals surface area contributed by atoms with E-state index in [2.05, 4.69) is 35.1 Å². The number of fused-ring (bicyclic) bond motifs is 1. The van der Waals surface area contributed by atoms with Crippen molar-refractivity contribution in [2.45, 2.75) is 0 Å². The molecular formula is C8H9N9O. The van der Waals surface area contributed by atoms with Crippen LogP contribution in [-0.2, 0) is 0 Å². The van der Waals surface area contributed by atoms with Gasteiger partial charge in [0.05, 0.1) is 6.33 Å². The van der Waals surface area contributed by atoms with E-state index >= 15 is 0 Å². The summed E-state index contributed by atoms with van der Waals surface area (Å²) in [5, 5.41) is 5.75. The van der Waals surface area contributed by atoms with Crippen molar-refractivity contribution in [3.8, 4) is 0 Å². The highest BCUT2D eigenvalue weighted by atomic mass is 16.1. The molecule has 0 spiro atoms. The smallest absolute Gasteiger partial charge is 0.288 e. The first-order chi connectivity index (χ1) is 8.68. The number of carbonyl (C=O) groups excluding carboxylic acids is 1. The lowest BCUT2D eigenvalue weighted by molar-refractivity contribution is 0.0991. The minimum atomic E-state index is -0.619. The molecule has 0 aliphatic rings. The third-order valence-electron chi connectivity index (χ3n) is 1.88. The number of hydrogen-bond acceptors (Lipinski definition) is 7. The predicted molar refractivity (Wildman–Crippen MR) is 61.0 cm³/mol. The van der Waals surface area contributed by atoms with Crippen molar-refractivity contribution in [2.75, 3.05) is 5.73 Å². The number of aromatic amines is 2. The number of nitrogen functional groups attached to an aromatic ring is 1. The number of nitrogens with one attached hydrogen (secondary N) is 2. The highest BCUT2D eigenvalue weighted by molar-refractivity contribution is 5.88. The Hall–Kier alpha value is -3.04. The Kier molecular flexibility index (Phi) is 3.09. The van der Waals surface area contributed by atoms with Crippen molar-refractivity contribution in [2.24, 2.45) is 5.73 Å². The van der Waals surface area contributed by atoms with Crippen LogP contribution >= 0.6 is 0 Å². The molecule has 0 aliphatic carbocycles. The van der Waals surface area contributed by atoms with Crippen LogP contribution in [0, 0.1) is 0 Å². The van der Waals surface area contributed by atoms with Crippen LogP contribution in [0.15, 0.2) is 19.0 Å². The number of nitrogens with zero attached hydrogens (tertiary/aromatic N) is 5. The fourth-order valence-electron chi connectivity index (χ4n) is 1.11. The van der Waals surface area contributed by atoms with Gasteiger partial charge in [-0.15, -0.1) is 5.10 Å². The number of carbonyl (C=O) groups is 1. The number of amides is 1. The van der Waals surface area contributed by atoms with Crippen LogP contribution in [0.5, 0.6) is 0 Å². The standard InChI is InChI=1S/C5H5N5.C3H4N4O/c6-4-3-5(9-1-7-3)10-2-8-4;4-2(8)3-5-1-6-7-3/h1-2H,(H3,6,7,8,9,10);1H,(H2,4,8)(H,5,6,7). The number of primary amides is 1. The largest absolute Gasteiger partial charge is 0.382 e. The molecule has 0 bridgehead atoms. The second kappa shape index (κ2) is 4.86. The summed E-state index contributed by atoms with van der Waals surface area (Å²) in [5.74, 6) is -0.192. The number of imidazole rings is 1. The van der Waals surface area contributed by atoms with Gasteiger partial charge in [0.1, 0.15) is 18.2 Å². The average molecular weight is 247 g/mol. The van der Waals surface area contributed by atoms with Crippen molar-refractivity contribution in [1.82, 2.24) is 35.1 Å². The van der Waals surface area contributed by atoms with Gasteiger partial charge in [0.15, 0.2) is 11.5 Å². The van der Waals surface area contributed by atoms with Gasteiger partial charge in [-0.3, -0.25) is 9.89 Å². The van der Waals surface area contributed by atoms with Crippen LogP contribution in [0.2, 0.25) is 0 Å². The van der Waals surface area contributed by atoms with Crippen LogP contribution in [-0.4, -0.2) is 41.0 Å². The fraction of sp³-hybridized carbons (Fsp3) is 0. The number of hydrogen-bond donors (Lipinski definition) is 4. The molecule has 0 aliphatic heterocycles. The predicted octanol–water partition coefficient (Wildman–Crippen LogP) is -1.16. The monoisotopic (exact) mass is 247 g/mol. The second-order valence-electron chi connectivity index (χ2n) is 3.05. The molecule has 3 aromatic rings. The third kappa shape index (κ3) is 2.37. The first-order valence-electron chi connectivity index (χ1n) is 4.73. The highest BCUT2D eigenvalue weighted by Crippen LogP contribution is 2.09. The van der Waals surface area contributed by atoms with Crippen molar-refractivity contribution in [1.29, 1.82) is 0 Å². The van der Waals surface area contributed by atoms with Crippen molar-refractivity contribution in [3.63, 3.8) is 0 Å². The summed E-state index contributed by atoms with van der Waals surface area (Å²) in [4.78, 5) is 28.0. The van der Waals surface area contributed by atoms with Gasteiger partial charge in [-0.25, -0.2) is 19.9 Å². The van der Waals surface area contributed by atoms with E-state index in [1.165, 1.54) is 19.0 Å². The summed E-state index contributed by atoms with van der Waals surface area (Å²) in [5.41, 5.74) is 11.5. The quantitative estimate of drug-likeness (QED) is 0.420. The van der Waals surface area contributed by atoms with Gasteiger partial charge < -0.3 is 16.5 Å². The second-order valence-corrected chi connectivity index (χ2v) is 3.05. The van der Waals surface area contributed by atoms with E-state index in [4.69, 9.17) is 11.5 Å². The lowest BCUT2D eigenvalue weighted by Crippen LogP contribution is -2.12. The van der Waals surface area contributed by atoms with Crippen LogP contribution in [0.1, 0.15) is 10.6 Å². The molecule has 0 fully saturated rings. The Morgan fingerprint density at radius 1 is 1.17 bits per heavy atom. The zero-order valence-corrected chi connectivity index (χ0v) is 9.03. The van der Waals surface area contributed by atoms with Crippen LogP contribution in [0.4, 0.5) is 5.82 Å². The Balaban J connectivity index is 0.000000138. The topological polar surface area (TPSA) is 165 Å². The summed E-state index contributed by atoms with van der Waals surface area (Å²) in [6, 6.07) is 0. The van der Waals surface area contributed by atoms with Gasteiger partial charge in [0.2, 0.25) is 5.82 Å². The molecule has 0 radical (unpaired) electrons. The number of anilines is 1. The molecule has 3 rings (SSSR count). The van der Waals surface area contributed by atoms with E-state index in [0.29, 0.717) is 17.0 Å². The van der Waals surface area contributed by atoms with Gasteiger partial charge in [-0.2, -0.15) is 0 Å². The molecule has 3 heterocycles. The molecule has 10 nitrogen and oxygen atoms in total. The molecule has 10 heteroatoms. The lowest BCUT2D eigenvalue weighted by atomic mass is 10.5. The Labute approximate surface area is 99.9 Å². The zero-order chi connectivity index (χ0) is 13.0. The van der Waals surface area contributed by atoms with Gasteiger partial charge >= 0.3 is 0 Å². The number of aromatic nitrogens is 7. The Bertz CT molecular complexity index is 643. The van der Waals surface area contributed by atoms with Crippen LogP contribution in [0.3, 0.4) is 0 Å². The molecule has 3 aromatic heterocycles. The van der Waals surface area contributed by atoms with E-state index < -0.39 is 5.91 Å². The Morgan fingerprint density at radius 2 is 2.00 bits per heavy atom. The fourth-order valence-corrected chi connectivity index (χ4v) is 1.11. The normalized spacial score (nSPS) is 9.78. The summed E-state index contributed by atoms with van der Waals surface area (Å²) >= 11 is 0. The molecule has 1 amide bonds. The minimum Gasteiger partial charge on any atom is -0.382 e. The molecule has 0 saturated heterocycles. The maximum absolute atomic E-state index is 10.1. The zero-order valence-electron chi connectivity index (χ0n) is 9.03. The van der Waals surface area contributed by atoms with Crippen LogP contribution < -0.4 is 11.5 Å². The van der Waals surface area contributed by atoms with Gasteiger partial charge in [0.25, 0.3) is 5.91 Å². The maximum Gasteiger partial charge on any atom is 0.288 e. The molecule has 0 atom stereocenters. The van der Waals surface area contributed by atoms with Gasteiger partial charge in [0, 0.05) is 0 Å². The van der Waals surface area contributed by atoms with Crippen molar-refractivity contribution >= 4 is 22.9 Å². The summed E-state index contributed by atoms with van der Waals surface area (Å²) in [7, 11) is 0. The number of nitrogens with two attached hydrogens (primary N) is 2. The molecule has 0 saturated carbocycles. The summed E-state index contributed by atoms with van der Waals surface area (Å²) < 4.78 is 0. The summed E-state index contributed by atoms with van der Waals surface area (Å²) in [6.07, 6.45) is 4.23. The Morgan fingerprint density at radius 3 is 2.56 bits per heavy atom.